The highest BCUT2D eigenvalue weighted by Crippen LogP contribution is 2.38. The van der Waals surface area contributed by atoms with Crippen LogP contribution >= 0.6 is 7.82 Å². The Balaban J connectivity index is 4.39. The van der Waals surface area contributed by atoms with Crippen LogP contribution < -0.4 is 0 Å². The molecular weight excluding hydrogens is 199 g/mol. The molecule has 0 aliphatic carbocycles. The van der Waals surface area contributed by atoms with Crippen LogP contribution in [0.5, 0.6) is 0 Å². The summed E-state index contributed by atoms with van der Waals surface area (Å²) in [6.45, 7) is 2.84. The third-order valence-electron chi connectivity index (χ3n) is 0.374. The predicted molar refractivity (Wildman–Crippen MR) is 33.3 cm³/mol. The number of rotatable bonds is 4. The molecule has 0 aliphatic rings. The van der Waals surface area contributed by atoms with Crippen LogP contribution in [0.1, 0.15) is 0 Å². The van der Waals surface area contributed by atoms with Gasteiger partial charge in [-0.3, -0.25) is 0 Å². The number of hydrogen-bond acceptors (Lipinski definition) is 5. The summed E-state index contributed by atoms with van der Waals surface area (Å²) in [4.78, 5) is 16.0. The van der Waals surface area contributed by atoms with Crippen LogP contribution in [0.4, 0.5) is 0 Å². The van der Waals surface area contributed by atoms with Gasteiger partial charge in [0.1, 0.15) is 6.26 Å². The van der Waals surface area contributed by atoms with E-state index < -0.39 is 18.2 Å². The molecule has 9 heteroatoms. The summed E-state index contributed by atoms with van der Waals surface area (Å²) >= 11 is 0. The molecule has 0 fully saturated rings. The highest BCUT2D eigenvalue weighted by Gasteiger charge is 2.26. The highest BCUT2D eigenvalue weighted by molar-refractivity contribution is 7.86. The summed E-state index contributed by atoms with van der Waals surface area (Å²) in [5, 5.41) is 0. The first-order chi connectivity index (χ1) is 4.77. The average Bonchev–Trinajstić information content (AvgIpc) is 1.55. The normalized spacial score (nSPS) is 12.5. The van der Waals surface area contributed by atoms with Crippen LogP contribution in [0.2, 0.25) is 0 Å². The third-order valence-corrected chi connectivity index (χ3v) is 2.25. The van der Waals surface area contributed by atoms with Gasteiger partial charge in [-0.1, -0.05) is 6.58 Å². The minimum Gasteiger partial charge on any atom is -0.370 e. The van der Waals surface area contributed by atoms with E-state index in [1.165, 1.54) is 0 Å². The van der Waals surface area contributed by atoms with Crippen LogP contribution in [-0.4, -0.2) is 18.2 Å². The van der Waals surface area contributed by atoms with E-state index >= 15 is 0 Å². The first-order valence-corrected chi connectivity index (χ1v) is 4.94. The number of phosphoric acid groups is 1. The fraction of sp³-hybridized carbons (Fsp3) is 0. The molecule has 0 saturated heterocycles. The van der Waals surface area contributed by atoms with E-state index in [1.807, 2.05) is 0 Å². The Kier molecular flexibility index (Phi) is 3.21. The lowest BCUT2D eigenvalue weighted by molar-refractivity contribution is 0.263. The van der Waals surface area contributed by atoms with Crippen molar-refractivity contribution in [3.8, 4) is 0 Å². The van der Waals surface area contributed by atoms with Crippen molar-refractivity contribution in [3.63, 3.8) is 0 Å². The summed E-state index contributed by atoms with van der Waals surface area (Å²) in [6.07, 6.45) is 0.463. The van der Waals surface area contributed by atoms with Crippen LogP contribution in [0.25, 0.3) is 0 Å². The van der Waals surface area contributed by atoms with Crippen LogP contribution in [0.3, 0.4) is 0 Å². The smallest absolute Gasteiger partial charge is 0.370 e. The van der Waals surface area contributed by atoms with E-state index in [0.717, 1.165) is 0 Å². The molecule has 0 saturated carbocycles. The Hall–Kier alpha value is -0.400. The fourth-order valence-electron chi connectivity index (χ4n) is 0.220. The maximum Gasteiger partial charge on any atom is 0.486 e. The Bertz CT molecular complexity index is 271. The van der Waals surface area contributed by atoms with E-state index in [0.29, 0.717) is 6.26 Å². The molecule has 0 radical (unpaired) electrons. The van der Waals surface area contributed by atoms with Crippen molar-refractivity contribution in [1.29, 1.82) is 0 Å². The second-order valence-electron chi connectivity index (χ2n) is 1.24. The van der Waals surface area contributed by atoms with Gasteiger partial charge in [-0.2, -0.15) is 8.42 Å². The minimum absolute atomic E-state index is 0.463. The zero-order chi connectivity index (χ0) is 9.12. The average molecular weight is 204 g/mol. The molecule has 0 aliphatic heterocycles. The Labute approximate surface area is 62.8 Å². The molecule has 0 rings (SSSR count). The zero-order valence-electron chi connectivity index (χ0n) is 5.08. The van der Waals surface area contributed by atoms with Crippen molar-refractivity contribution in [2.24, 2.45) is 0 Å². The Morgan fingerprint density at radius 3 is 2.18 bits per heavy atom. The van der Waals surface area contributed by atoms with Crippen LogP contribution in [0, 0.1) is 0 Å². The van der Waals surface area contributed by atoms with Gasteiger partial charge >= 0.3 is 18.2 Å². The fourth-order valence-corrected chi connectivity index (χ4v) is 1.48. The van der Waals surface area contributed by atoms with Crippen molar-refractivity contribution < 1.29 is 30.9 Å². The zero-order valence-corrected chi connectivity index (χ0v) is 6.79. The lowest BCUT2D eigenvalue weighted by Crippen LogP contribution is -2.04. The molecule has 66 valence electrons. The molecule has 2 N–H and O–H groups in total. The molecule has 0 bridgehead atoms. The summed E-state index contributed by atoms with van der Waals surface area (Å²) in [5.74, 6) is 0. The Morgan fingerprint density at radius 1 is 1.45 bits per heavy atom. The van der Waals surface area contributed by atoms with Crippen molar-refractivity contribution >= 4 is 18.2 Å². The quantitative estimate of drug-likeness (QED) is 0.469. The maximum atomic E-state index is 10.2. The largest absolute Gasteiger partial charge is 0.486 e. The van der Waals surface area contributed by atoms with E-state index in [2.05, 4.69) is 14.7 Å². The molecule has 0 atom stereocenters. The molecule has 0 spiro atoms. The lowest BCUT2D eigenvalue weighted by Gasteiger charge is -2.02. The highest BCUT2D eigenvalue weighted by atomic mass is 32.3. The predicted octanol–water partition coefficient (Wildman–Crippen LogP) is -0.499. The van der Waals surface area contributed by atoms with Gasteiger partial charge in [0.25, 0.3) is 0 Å². The van der Waals surface area contributed by atoms with Gasteiger partial charge in [0, 0.05) is 0 Å². The first-order valence-electron chi connectivity index (χ1n) is 2.08. The summed E-state index contributed by atoms with van der Waals surface area (Å²) in [7, 11) is -9.75. The second-order valence-corrected chi connectivity index (χ2v) is 3.82. The molecule has 7 nitrogen and oxygen atoms in total. The van der Waals surface area contributed by atoms with Crippen LogP contribution in [0.15, 0.2) is 12.8 Å². The van der Waals surface area contributed by atoms with Gasteiger partial charge < -0.3 is 14.0 Å². The Morgan fingerprint density at radius 2 is 1.91 bits per heavy atom. The monoisotopic (exact) mass is 204 g/mol. The molecule has 0 aromatic carbocycles. The van der Waals surface area contributed by atoms with Crippen molar-refractivity contribution in [2.75, 3.05) is 0 Å². The molecule has 0 amide bonds. The molecule has 11 heavy (non-hydrogen) atoms. The van der Waals surface area contributed by atoms with E-state index in [9.17, 15) is 13.0 Å². The molecular formula is C2H5O7PS. The van der Waals surface area contributed by atoms with E-state index in [4.69, 9.17) is 9.79 Å². The van der Waals surface area contributed by atoms with E-state index in [-0.39, 0.29) is 0 Å². The van der Waals surface area contributed by atoms with Gasteiger partial charge in [0.05, 0.1) is 0 Å². The summed E-state index contributed by atoms with van der Waals surface area (Å²) < 4.78 is 37.2. The third kappa shape index (κ3) is 6.02. The van der Waals surface area contributed by atoms with Crippen molar-refractivity contribution in [3.05, 3.63) is 12.8 Å². The van der Waals surface area contributed by atoms with Crippen molar-refractivity contribution in [2.45, 2.75) is 0 Å². The van der Waals surface area contributed by atoms with E-state index in [1.54, 1.807) is 0 Å². The summed E-state index contributed by atoms with van der Waals surface area (Å²) in [6, 6.07) is 0. The van der Waals surface area contributed by atoms with Gasteiger partial charge in [-0.25, -0.2) is 4.57 Å². The van der Waals surface area contributed by atoms with Gasteiger partial charge in [-0.15, -0.1) is 3.97 Å². The molecule has 0 aromatic rings. The van der Waals surface area contributed by atoms with Gasteiger partial charge in [-0.05, 0) is 0 Å². The number of hydrogen-bond donors (Lipinski definition) is 2. The second kappa shape index (κ2) is 3.33. The summed E-state index contributed by atoms with van der Waals surface area (Å²) in [5.41, 5.74) is 0. The van der Waals surface area contributed by atoms with Crippen LogP contribution in [-0.2, 0) is 23.1 Å². The minimum atomic E-state index is -5.08. The molecule has 0 aromatic heterocycles. The maximum absolute atomic E-state index is 10.2. The first kappa shape index (κ1) is 10.6. The molecule has 0 unspecified atom stereocenters. The topological polar surface area (TPSA) is 110 Å². The van der Waals surface area contributed by atoms with Gasteiger partial charge in [0.2, 0.25) is 0 Å². The van der Waals surface area contributed by atoms with Crippen molar-refractivity contribution in [1.82, 2.24) is 0 Å². The standard InChI is InChI=1S/C2H5O7PS/c1-2-8-11(6,7)9-10(3,4)5/h2H,1H2,(H2,3,4,5). The van der Waals surface area contributed by atoms with Gasteiger partial charge in [0.15, 0.2) is 0 Å². The SMILES string of the molecule is C=COS(=O)(=O)OP(=O)(O)O. The molecule has 0 heterocycles. The lowest BCUT2D eigenvalue weighted by atomic mass is 11.2.